The minimum atomic E-state index is -4.36. The smallest absolute Gasteiger partial charge is 0.378 e. The predicted octanol–water partition coefficient (Wildman–Crippen LogP) is 5.52. The quantitative estimate of drug-likeness (QED) is 0.354. The highest BCUT2D eigenvalue weighted by Crippen LogP contribution is 2.30. The van der Waals surface area contributed by atoms with Crippen molar-refractivity contribution >= 4 is 34.3 Å². The number of aromatic nitrogens is 4. The van der Waals surface area contributed by atoms with Crippen LogP contribution in [0.25, 0.3) is 11.2 Å². The molecule has 0 fully saturated rings. The third-order valence-corrected chi connectivity index (χ3v) is 5.26. The topological polar surface area (TPSA) is 70.9 Å². The number of benzene rings is 2. The molecule has 0 aliphatic heterocycles. The van der Waals surface area contributed by atoms with Gasteiger partial charge < -0.3 is 20.1 Å². The van der Waals surface area contributed by atoms with E-state index in [1.807, 2.05) is 43.3 Å². The van der Waals surface area contributed by atoms with Gasteiger partial charge in [0, 0.05) is 32.0 Å². The van der Waals surface area contributed by atoms with Crippen LogP contribution in [0, 0.1) is 0 Å². The molecule has 2 aromatic heterocycles. The van der Waals surface area contributed by atoms with Crippen LogP contribution in [0.1, 0.15) is 24.5 Å². The summed E-state index contributed by atoms with van der Waals surface area (Å²) in [5.41, 5.74) is 3.09. The lowest BCUT2D eigenvalue weighted by atomic mass is 10.1. The van der Waals surface area contributed by atoms with Crippen molar-refractivity contribution in [3.8, 4) is 0 Å². The maximum Gasteiger partial charge on any atom is 0.416 e. The number of fused-ring (bicyclic) bond motifs is 1. The number of hydrogen-bond acceptors (Lipinski definition) is 6. The molecule has 0 unspecified atom stereocenters. The second-order valence-corrected chi connectivity index (χ2v) is 8.13. The van der Waals surface area contributed by atoms with Gasteiger partial charge in [0.15, 0.2) is 17.0 Å². The molecule has 0 saturated carbocycles. The maximum atomic E-state index is 12.9. The van der Waals surface area contributed by atoms with Crippen molar-refractivity contribution in [1.82, 2.24) is 19.5 Å². The first-order valence-corrected chi connectivity index (χ1v) is 10.9. The van der Waals surface area contributed by atoms with Gasteiger partial charge in [0.25, 0.3) is 0 Å². The average Bonchev–Trinajstić information content (AvgIpc) is 3.20. The number of nitrogens with one attached hydrogen (secondary N) is 2. The van der Waals surface area contributed by atoms with Crippen LogP contribution < -0.4 is 15.5 Å². The molecule has 7 nitrogen and oxygen atoms in total. The van der Waals surface area contributed by atoms with Crippen molar-refractivity contribution in [2.45, 2.75) is 26.1 Å². The van der Waals surface area contributed by atoms with Crippen molar-refractivity contribution in [2.75, 3.05) is 36.2 Å². The molecule has 2 heterocycles. The van der Waals surface area contributed by atoms with Crippen LogP contribution in [0.15, 0.2) is 54.9 Å². The van der Waals surface area contributed by atoms with Crippen LogP contribution in [0.3, 0.4) is 0 Å². The number of halogens is 3. The fourth-order valence-corrected chi connectivity index (χ4v) is 3.47. The van der Waals surface area contributed by atoms with Crippen LogP contribution in [0.5, 0.6) is 0 Å². The molecule has 0 saturated heterocycles. The molecular weight excluding hydrogens is 443 g/mol. The van der Waals surface area contributed by atoms with Crippen molar-refractivity contribution < 1.29 is 13.2 Å². The molecule has 2 N–H and O–H groups in total. The number of hydrogen-bond donors (Lipinski definition) is 2. The summed E-state index contributed by atoms with van der Waals surface area (Å²) >= 11 is 0. The van der Waals surface area contributed by atoms with E-state index in [0.29, 0.717) is 41.6 Å². The summed E-state index contributed by atoms with van der Waals surface area (Å²) in [5, 5.41) is 6.55. The van der Waals surface area contributed by atoms with E-state index in [0.717, 1.165) is 29.9 Å². The lowest BCUT2D eigenvalue weighted by Crippen LogP contribution is -2.10. The molecular formula is C24H26F3N7. The summed E-state index contributed by atoms with van der Waals surface area (Å²) in [4.78, 5) is 15.8. The number of alkyl halides is 3. The molecule has 0 aliphatic carbocycles. The van der Waals surface area contributed by atoms with Crippen LogP contribution in [0.4, 0.5) is 36.3 Å². The van der Waals surface area contributed by atoms with Gasteiger partial charge >= 0.3 is 6.18 Å². The van der Waals surface area contributed by atoms with Gasteiger partial charge in [0.05, 0.1) is 18.4 Å². The van der Waals surface area contributed by atoms with E-state index in [-0.39, 0.29) is 0 Å². The molecule has 178 valence electrons. The van der Waals surface area contributed by atoms with Gasteiger partial charge in [-0.3, -0.25) is 0 Å². The molecule has 10 heteroatoms. The monoisotopic (exact) mass is 469 g/mol. The third kappa shape index (κ3) is 5.22. The fourth-order valence-electron chi connectivity index (χ4n) is 3.47. The van der Waals surface area contributed by atoms with Crippen LogP contribution in [-0.2, 0) is 12.7 Å². The van der Waals surface area contributed by atoms with Crippen molar-refractivity contribution in [1.29, 1.82) is 0 Å². The van der Waals surface area contributed by atoms with E-state index in [1.165, 1.54) is 12.1 Å². The standard InChI is InChI=1S/C24H26F3N7/c1-4-12-28-21-20-22(32-23(31-21)30-18-6-5-7-19(13-18)33(2)3)34(15-29-20)14-16-8-10-17(11-9-16)24(25,26)27/h5-11,13,15H,4,12,14H2,1-3H3,(H2,28,30,31,32). The van der Waals surface area contributed by atoms with Crippen LogP contribution in [-0.4, -0.2) is 40.2 Å². The van der Waals surface area contributed by atoms with Crippen molar-refractivity contribution in [2.24, 2.45) is 0 Å². The Bertz CT molecular complexity index is 1260. The Hall–Kier alpha value is -3.82. The summed E-state index contributed by atoms with van der Waals surface area (Å²) in [5.74, 6) is 1.00. The number of anilines is 4. The molecule has 4 aromatic rings. The Morgan fingerprint density at radius 3 is 2.47 bits per heavy atom. The Kier molecular flexibility index (Phi) is 6.58. The van der Waals surface area contributed by atoms with Crippen LogP contribution in [0.2, 0.25) is 0 Å². The summed E-state index contributed by atoms with van der Waals surface area (Å²) in [6.45, 7) is 3.10. The maximum absolute atomic E-state index is 12.9. The molecule has 0 bridgehead atoms. The SMILES string of the molecule is CCCNc1nc(Nc2cccc(N(C)C)c2)nc2c1ncn2Cc1ccc(C(F)(F)F)cc1. The average molecular weight is 470 g/mol. The van der Waals surface area contributed by atoms with Gasteiger partial charge in [-0.25, -0.2) is 4.98 Å². The second kappa shape index (κ2) is 9.58. The Morgan fingerprint density at radius 1 is 1.03 bits per heavy atom. The summed E-state index contributed by atoms with van der Waals surface area (Å²) < 4.78 is 40.5. The van der Waals surface area contributed by atoms with Gasteiger partial charge in [-0.2, -0.15) is 23.1 Å². The van der Waals surface area contributed by atoms with E-state index in [2.05, 4.69) is 32.5 Å². The van der Waals surface area contributed by atoms with E-state index >= 15 is 0 Å². The van der Waals surface area contributed by atoms with E-state index in [4.69, 9.17) is 0 Å². The summed E-state index contributed by atoms with van der Waals surface area (Å²) in [6, 6.07) is 13.0. The lowest BCUT2D eigenvalue weighted by Gasteiger charge is -2.14. The molecule has 0 spiro atoms. The van der Waals surface area contributed by atoms with Gasteiger partial charge in [0.2, 0.25) is 5.95 Å². The van der Waals surface area contributed by atoms with E-state index < -0.39 is 11.7 Å². The minimum absolute atomic E-state index is 0.328. The summed E-state index contributed by atoms with van der Waals surface area (Å²) in [6.07, 6.45) is -1.83. The van der Waals surface area contributed by atoms with Gasteiger partial charge in [-0.15, -0.1) is 0 Å². The van der Waals surface area contributed by atoms with Crippen LogP contribution >= 0.6 is 0 Å². The number of imidazole rings is 1. The lowest BCUT2D eigenvalue weighted by molar-refractivity contribution is -0.137. The largest absolute Gasteiger partial charge is 0.416 e. The molecule has 4 rings (SSSR count). The summed E-state index contributed by atoms with van der Waals surface area (Å²) in [7, 11) is 3.93. The first-order chi connectivity index (χ1) is 16.2. The molecule has 0 aliphatic rings. The highest BCUT2D eigenvalue weighted by Gasteiger charge is 2.30. The van der Waals surface area contributed by atoms with Crippen molar-refractivity contribution in [3.05, 3.63) is 66.0 Å². The third-order valence-electron chi connectivity index (χ3n) is 5.26. The first kappa shape index (κ1) is 23.3. The number of rotatable bonds is 8. The van der Waals surface area contributed by atoms with E-state index in [1.54, 1.807) is 10.9 Å². The Labute approximate surface area is 195 Å². The second-order valence-electron chi connectivity index (χ2n) is 8.13. The first-order valence-electron chi connectivity index (χ1n) is 10.9. The van der Waals surface area contributed by atoms with Gasteiger partial charge in [0.1, 0.15) is 0 Å². The van der Waals surface area contributed by atoms with E-state index in [9.17, 15) is 13.2 Å². The zero-order valence-corrected chi connectivity index (χ0v) is 19.2. The molecule has 0 atom stereocenters. The highest BCUT2D eigenvalue weighted by molar-refractivity contribution is 5.85. The minimum Gasteiger partial charge on any atom is -0.378 e. The molecule has 0 radical (unpaired) electrons. The normalized spacial score (nSPS) is 11.6. The van der Waals surface area contributed by atoms with Gasteiger partial charge in [-0.05, 0) is 42.3 Å². The fraction of sp³-hybridized carbons (Fsp3) is 0.292. The zero-order chi connectivity index (χ0) is 24.3. The zero-order valence-electron chi connectivity index (χ0n) is 19.2. The molecule has 34 heavy (non-hydrogen) atoms. The van der Waals surface area contributed by atoms with Crippen molar-refractivity contribution in [3.63, 3.8) is 0 Å². The van der Waals surface area contributed by atoms with Gasteiger partial charge in [-0.1, -0.05) is 25.1 Å². The highest BCUT2D eigenvalue weighted by atomic mass is 19.4. The predicted molar refractivity (Wildman–Crippen MR) is 129 cm³/mol. The number of nitrogens with zero attached hydrogens (tertiary/aromatic N) is 5. The molecule has 2 aromatic carbocycles. The molecule has 0 amide bonds. The Morgan fingerprint density at radius 2 is 1.79 bits per heavy atom. The Balaban J connectivity index is 1.68.